The molecule has 5 nitrogen and oxygen atoms in total. The highest BCUT2D eigenvalue weighted by Gasteiger charge is 2.10. The topological polar surface area (TPSA) is 59.8 Å². The van der Waals surface area contributed by atoms with Gasteiger partial charge in [-0.25, -0.2) is 4.68 Å². The van der Waals surface area contributed by atoms with E-state index in [0.29, 0.717) is 11.4 Å². The first-order valence-corrected chi connectivity index (χ1v) is 6.31. The van der Waals surface area contributed by atoms with Gasteiger partial charge in [-0.05, 0) is 25.3 Å². The van der Waals surface area contributed by atoms with Crippen molar-refractivity contribution in [3.05, 3.63) is 33.8 Å². The molecule has 2 aromatic heterocycles. The summed E-state index contributed by atoms with van der Waals surface area (Å²) in [6.45, 7) is 5.17. The number of hydrogen-bond donors (Lipinski definition) is 1. The third kappa shape index (κ3) is 2.52. The number of thiophene rings is 1. The Labute approximate surface area is 103 Å². The molecule has 0 aromatic carbocycles. The van der Waals surface area contributed by atoms with Gasteiger partial charge in [0.15, 0.2) is 0 Å². The number of amides is 1. The lowest BCUT2D eigenvalue weighted by atomic mass is 10.3. The molecule has 1 N–H and O–H groups in total. The molecule has 0 radical (unpaired) electrons. The highest BCUT2D eigenvalue weighted by atomic mass is 32.1. The molecule has 0 unspecified atom stereocenters. The molecule has 2 aromatic rings. The van der Waals surface area contributed by atoms with Crippen molar-refractivity contribution >= 4 is 17.2 Å². The van der Waals surface area contributed by atoms with Gasteiger partial charge < -0.3 is 5.32 Å². The smallest absolute Gasteiger partial charge is 0.261 e. The Morgan fingerprint density at radius 3 is 3.00 bits per heavy atom. The van der Waals surface area contributed by atoms with Crippen LogP contribution in [-0.4, -0.2) is 20.9 Å². The number of nitrogens with one attached hydrogen (secondary N) is 1. The molecule has 0 saturated carbocycles. The molecule has 0 bridgehead atoms. The van der Waals surface area contributed by atoms with E-state index in [9.17, 15) is 4.79 Å². The summed E-state index contributed by atoms with van der Waals surface area (Å²) in [6.07, 6.45) is 0. The second kappa shape index (κ2) is 5.09. The van der Waals surface area contributed by atoms with E-state index < -0.39 is 0 Å². The first kappa shape index (κ1) is 11.8. The number of rotatable bonds is 4. The number of carbonyl (C=O) groups is 1. The second-order valence-electron chi connectivity index (χ2n) is 3.60. The van der Waals surface area contributed by atoms with Crippen LogP contribution in [0.4, 0.5) is 0 Å². The third-order valence-corrected chi connectivity index (χ3v) is 3.41. The van der Waals surface area contributed by atoms with Gasteiger partial charge >= 0.3 is 0 Å². The highest BCUT2D eigenvalue weighted by molar-refractivity contribution is 7.12. The van der Waals surface area contributed by atoms with Crippen molar-refractivity contribution in [2.45, 2.75) is 26.9 Å². The minimum atomic E-state index is -0.0644. The van der Waals surface area contributed by atoms with Crippen LogP contribution in [0.25, 0.3) is 0 Å². The zero-order valence-corrected chi connectivity index (χ0v) is 10.6. The number of nitrogens with zero attached hydrogens (tertiary/aromatic N) is 3. The lowest BCUT2D eigenvalue weighted by Crippen LogP contribution is -2.22. The van der Waals surface area contributed by atoms with Crippen molar-refractivity contribution in [1.29, 1.82) is 0 Å². The monoisotopic (exact) mass is 250 g/mol. The number of carbonyl (C=O) groups excluding carboxylic acids is 1. The Kier molecular flexibility index (Phi) is 3.53. The number of hydrogen-bond acceptors (Lipinski definition) is 4. The fourth-order valence-corrected chi connectivity index (χ4v) is 2.16. The van der Waals surface area contributed by atoms with E-state index in [-0.39, 0.29) is 5.91 Å². The van der Waals surface area contributed by atoms with Crippen LogP contribution in [0.3, 0.4) is 0 Å². The molecule has 17 heavy (non-hydrogen) atoms. The van der Waals surface area contributed by atoms with Gasteiger partial charge in [0.1, 0.15) is 5.69 Å². The minimum Gasteiger partial charge on any atom is -0.346 e. The summed E-state index contributed by atoms with van der Waals surface area (Å²) in [4.78, 5) is 12.4. The van der Waals surface area contributed by atoms with Crippen molar-refractivity contribution in [3.63, 3.8) is 0 Å². The average molecular weight is 250 g/mol. The second-order valence-corrected chi connectivity index (χ2v) is 4.54. The Morgan fingerprint density at radius 2 is 2.41 bits per heavy atom. The average Bonchev–Trinajstić information content (AvgIpc) is 2.96. The summed E-state index contributed by atoms with van der Waals surface area (Å²) in [5.74, 6) is -0.0644. The first-order valence-electron chi connectivity index (χ1n) is 5.43. The van der Waals surface area contributed by atoms with Crippen molar-refractivity contribution in [2.75, 3.05) is 0 Å². The predicted octanol–water partition coefficient (Wildman–Crippen LogP) is 1.60. The van der Waals surface area contributed by atoms with E-state index in [1.165, 1.54) is 11.3 Å². The zero-order valence-electron chi connectivity index (χ0n) is 9.80. The van der Waals surface area contributed by atoms with Crippen molar-refractivity contribution in [2.24, 2.45) is 0 Å². The number of aromatic nitrogens is 3. The largest absolute Gasteiger partial charge is 0.346 e. The summed E-state index contributed by atoms with van der Waals surface area (Å²) < 4.78 is 1.81. The molecule has 90 valence electrons. The van der Waals surface area contributed by atoms with E-state index in [1.54, 1.807) is 6.07 Å². The maximum Gasteiger partial charge on any atom is 0.261 e. The standard InChI is InChI=1S/C11H14N4OS/c1-3-15-8(2)9(13-14-15)7-12-11(16)10-5-4-6-17-10/h4-6H,3,7H2,1-2H3,(H,12,16). The van der Waals surface area contributed by atoms with Gasteiger partial charge in [-0.2, -0.15) is 0 Å². The van der Waals surface area contributed by atoms with Gasteiger partial charge in [-0.1, -0.05) is 11.3 Å². The van der Waals surface area contributed by atoms with Gasteiger partial charge in [0.2, 0.25) is 0 Å². The quantitative estimate of drug-likeness (QED) is 0.896. The Bertz CT molecular complexity index is 504. The van der Waals surface area contributed by atoms with Crippen LogP contribution < -0.4 is 5.32 Å². The summed E-state index contributed by atoms with van der Waals surface area (Å²) >= 11 is 1.43. The van der Waals surface area contributed by atoms with E-state index in [1.807, 2.05) is 30.0 Å². The van der Waals surface area contributed by atoms with Gasteiger partial charge in [0.25, 0.3) is 5.91 Å². The van der Waals surface area contributed by atoms with Crippen LogP contribution in [0.15, 0.2) is 17.5 Å². The summed E-state index contributed by atoms with van der Waals surface area (Å²) in [5, 5.41) is 12.8. The Hall–Kier alpha value is -1.69. The zero-order chi connectivity index (χ0) is 12.3. The van der Waals surface area contributed by atoms with E-state index in [2.05, 4.69) is 15.6 Å². The van der Waals surface area contributed by atoms with Crippen LogP contribution in [0.2, 0.25) is 0 Å². The van der Waals surface area contributed by atoms with E-state index in [4.69, 9.17) is 0 Å². The molecule has 2 rings (SSSR count). The SMILES string of the molecule is CCn1nnc(CNC(=O)c2cccs2)c1C. The lowest BCUT2D eigenvalue weighted by Gasteiger charge is -2.02. The van der Waals surface area contributed by atoms with Crippen LogP contribution in [0.5, 0.6) is 0 Å². The number of aryl methyl sites for hydroxylation is 1. The molecule has 2 heterocycles. The molecule has 1 amide bonds. The first-order chi connectivity index (χ1) is 8.22. The Morgan fingerprint density at radius 1 is 1.59 bits per heavy atom. The van der Waals surface area contributed by atoms with Gasteiger partial charge in [0, 0.05) is 6.54 Å². The molecule has 0 aliphatic heterocycles. The summed E-state index contributed by atoms with van der Waals surface area (Å²) in [6, 6.07) is 3.66. The predicted molar refractivity (Wildman–Crippen MR) is 65.9 cm³/mol. The molecule has 0 aliphatic carbocycles. The molecule has 0 spiro atoms. The molecule has 6 heteroatoms. The fourth-order valence-electron chi connectivity index (χ4n) is 1.52. The van der Waals surface area contributed by atoms with Crippen LogP contribution in [0, 0.1) is 6.92 Å². The molecule has 0 atom stereocenters. The molecular weight excluding hydrogens is 236 g/mol. The van der Waals surface area contributed by atoms with Crippen molar-refractivity contribution in [1.82, 2.24) is 20.3 Å². The van der Waals surface area contributed by atoms with Gasteiger partial charge in [-0.3, -0.25) is 4.79 Å². The molecular formula is C11H14N4OS. The Balaban J connectivity index is 1.98. The van der Waals surface area contributed by atoms with Crippen molar-refractivity contribution < 1.29 is 4.79 Å². The van der Waals surface area contributed by atoms with Crippen LogP contribution >= 0.6 is 11.3 Å². The van der Waals surface area contributed by atoms with Crippen molar-refractivity contribution in [3.8, 4) is 0 Å². The lowest BCUT2D eigenvalue weighted by molar-refractivity contribution is 0.0954. The molecule has 0 saturated heterocycles. The molecule has 0 fully saturated rings. The highest BCUT2D eigenvalue weighted by Crippen LogP contribution is 2.09. The summed E-state index contributed by atoms with van der Waals surface area (Å²) in [7, 11) is 0. The maximum atomic E-state index is 11.7. The normalized spacial score (nSPS) is 10.5. The fraction of sp³-hybridized carbons (Fsp3) is 0.364. The van der Waals surface area contributed by atoms with Gasteiger partial charge in [0.05, 0.1) is 17.1 Å². The van der Waals surface area contributed by atoms with Crippen LogP contribution in [-0.2, 0) is 13.1 Å². The van der Waals surface area contributed by atoms with Gasteiger partial charge in [-0.15, -0.1) is 16.4 Å². The van der Waals surface area contributed by atoms with Crippen LogP contribution in [0.1, 0.15) is 28.0 Å². The third-order valence-electron chi connectivity index (χ3n) is 2.54. The molecule has 0 aliphatic rings. The summed E-state index contributed by atoms with van der Waals surface area (Å²) in [5.41, 5.74) is 1.82. The minimum absolute atomic E-state index is 0.0644. The van der Waals surface area contributed by atoms with E-state index >= 15 is 0 Å². The maximum absolute atomic E-state index is 11.7. The van der Waals surface area contributed by atoms with E-state index in [0.717, 1.165) is 17.9 Å².